The minimum atomic E-state index is -0.422. The fraction of sp³-hybridized carbons (Fsp3) is 0.0714. The molecule has 102 valence electrons. The smallest absolute Gasteiger partial charge is 0.201 e. The Bertz CT molecular complexity index is 770. The van der Waals surface area contributed by atoms with Gasteiger partial charge in [-0.3, -0.25) is 0 Å². The summed E-state index contributed by atoms with van der Waals surface area (Å²) in [6.45, 7) is 0.494. The molecule has 1 heterocycles. The van der Waals surface area contributed by atoms with E-state index in [-0.39, 0.29) is 5.02 Å². The van der Waals surface area contributed by atoms with Gasteiger partial charge in [0.2, 0.25) is 5.95 Å². The topological polar surface area (TPSA) is 40.7 Å². The summed E-state index contributed by atoms with van der Waals surface area (Å²) in [6, 6.07) is 10.0. The van der Waals surface area contributed by atoms with Crippen molar-refractivity contribution >= 4 is 40.2 Å². The molecule has 0 aliphatic heterocycles. The summed E-state index contributed by atoms with van der Waals surface area (Å²) in [5, 5.41) is 3.89. The highest BCUT2D eigenvalue weighted by molar-refractivity contribution is 6.31. The summed E-state index contributed by atoms with van der Waals surface area (Å²) in [7, 11) is 0. The van der Waals surface area contributed by atoms with Crippen molar-refractivity contribution in [3.05, 3.63) is 57.8 Å². The first-order valence-corrected chi connectivity index (χ1v) is 6.70. The molecule has 0 spiro atoms. The van der Waals surface area contributed by atoms with Crippen LogP contribution in [0.15, 0.2) is 36.4 Å². The average molecular weight is 310 g/mol. The number of rotatable bonds is 3. The van der Waals surface area contributed by atoms with Crippen molar-refractivity contribution < 1.29 is 4.39 Å². The summed E-state index contributed by atoms with van der Waals surface area (Å²) in [6.07, 6.45) is 0. The van der Waals surface area contributed by atoms with Crippen LogP contribution in [-0.4, -0.2) is 9.97 Å². The molecule has 0 bridgehead atoms. The molecule has 0 saturated carbocycles. The molecule has 0 amide bonds. The van der Waals surface area contributed by atoms with Crippen LogP contribution in [0.1, 0.15) is 5.56 Å². The third kappa shape index (κ3) is 2.71. The van der Waals surface area contributed by atoms with E-state index in [0.29, 0.717) is 17.5 Å². The second kappa shape index (κ2) is 5.31. The largest absolute Gasteiger partial charge is 0.352 e. The van der Waals surface area contributed by atoms with Crippen molar-refractivity contribution in [1.82, 2.24) is 9.97 Å². The Balaban J connectivity index is 1.77. The zero-order chi connectivity index (χ0) is 14.1. The van der Waals surface area contributed by atoms with Gasteiger partial charge in [0, 0.05) is 11.6 Å². The van der Waals surface area contributed by atoms with E-state index in [2.05, 4.69) is 15.3 Å². The van der Waals surface area contributed by atoms with Crippen molar-refractivity contribution in [3.8, 4) is 0 Å². The standard InChI is InChI=1S/C14H10Cl2FN3/c15-9-2-4-12-13(6-9)20-14(19-12)18-7-8-1-3-11(17)10(16)5-8/h1-6H,7H2,(H2,18,19,20). The van der Waals surface area contributed by atoms with Gasteiger partial charge in [0.25, 0.3) is 0 Å². The molecule has 3 nitrogen and oxygen atoms in total. The Morgan fingerprint density at radius 2 is 2.00 bits per heavy atom. The maximum Gasteiger partial charge on any atom is 0.201 e. The number of anilines is 1. The summed E-state index contributed by atoms with van der Waals surface area (Å²) in [5.41, 5.74) is 2.56. The Morgan fingerprint density at radius 1 is 1.15 bits per heavy atom. The van der Waals surface area contributed by atoms with Crippen molar-refractivity contribution in [2.75, 3.05) is 5.32 Å². The van der Waals surface area contributed by atoms with Gasteiger partial charge in [-0.15, -0.1) is 0 Å². The highest BCUT2D eigenvalue weighted by Gasteiger charge is 2.04. The molecule has 0 saturated heterocycles. The van der Waals surface area contributed by atoms with Gasteiger partial charge in [-0.2, -0.15) is 0 Å². The number of fused-ring (bicyclic) bond motifs is 1. The number of nitrogens with zero attached hydrogens (tertiary/aromatic N) is 1. The van der Waals surface area contributed by atoms with Crippen LogP contribution < -0.4 is 5.32 Å². The van der Waals surface area contributed by atoms with Crippen molar-refractivity contribution in [2.24, 2.45) is 0 Å². The molecule has 0 aliphatic carbocycles. The number of hydrogen-bond donors (Lipinski definition) is 2. The molecule has 0 fully saturated rings. The fourth-order valence-corrected chi connectivity index (χ4v) is 2.28. The van der Waals surface area contributed by atoms with Crippen LogP contribution in [0.5, 0.6) is 0 Å². The normalized spacial score (nSPS) is 10.9. The van der Waals surface area contributed by atoms with E-state index in [9.17, 15) is 4.39 Å². The van der Waals surface area contributed by atoms with Gasteiger partial charge in [0.15, 0.2) is 0 Å². The Morgan fingerprint density at radius 3 is 2.80 bits per heavy atom. The van der Waals surface area contributed by atoms with Gasteiger partial charge in [-0.1, -0.05) is 29.3 Å². The van der Waals surface area contributed by atoms with Crippen LogP contribution in [0.2, 0.25) is 10.0 Å². The number of benzene rings is 2. The Kier molecular flexibility index (Phi) is 3.51. The van der Waals surface area contributed by atoms with E-state index in [4.69, 9.17) is 23.2 Å². The van der Waals surface area contributed by atoms with Gasteiger partial charge >= 0.3 is 0 Å². The monoisotopic (exact) mass is 309 g/mol. The summed E-state index contributed by atoms with van der Waals surface area (Å²) < 4.78 is 13.1. The van der Waals surface area contributed by atoms with Crippen LogP contribution in [-0.2, 0) is 6.54 Å². The predicted molar refractivity (Wildman–Crippen MR) is 79.8 cm³/mol. The van der Waals surface area contributed by atoms with Gasteiger partial charge in [0.05, 0.1) is 16.1 Å². The van der Waals surface area contributed by atoms with Gasteiger partial charge in [0.1, 0.15) is 5.82 Å². The third-order valence-electron chi connectivity index (χ3n) is 2.89. The van der Waals surface area contributed by atoms with Crippen molar-refractivity contribution in [1.29, 1.82) is 0 Å². The first-order valence-electron chi connectivity index (χ1n) is 5.95. The lowest BCUT2D eigenvalue weighted by Crippen LogP contribution is -2.01. The number of nitrogens with one attached hydrogen (secondary N) is 2. The van der Waals surface area contributed by atoms with E-state index in [1.807, 2.05) is 12.1 Å². The molecule has 20 heavy (non-hydrogen) atoms. The molecule has 0 atom stereocenters. The number of aromatic amines is 1. The molecule has 0 unspecified atom stereocenters. The minimum Gasteiger partial charge on any atom is -0.352 e. The molecule has 0 radical (unpaired) electrons. The second-order valence-corrected chi connectivity index (χ2v) is 5.19. The Hall–Kier alpha value is -1.78. The number of aromatic nitrogens is 2. The number of imidazole rings is 1. The lowest BCUT2D eigenvalue weighted by atomic mass is 10.2. The van der Waals surface area contributed by atoms with E-state index in [1.54, 1.807) is 18.2 Å². The first kappa shape index (κ1) is 13.2. The predicted octanol–water partition coefficient (Wildman–Crippen LogP) is 4.62. The highest BCUT2D eigenvalue weighted by Crippen LogP contribution is 2.20. The van der Waals surface area contributed by atoms with E-state index in [1.165, 1.54) is 6.07 Å². The van der Waals surface area contributed by atoms with Crippen LogP contribution in [0, 0.1) is 5.82 Å². The van der Waals surface area contributed by atoms with Gasteiger partial charge in [-0.05, 0) is 35.9 Å². The zero-order valence-corrected chi connectivity index (χ0v) is 11.8. The SMILES string of the molecule is Fc1ccc(CNc2nc3ccc(Cl)cc3[nH]2)cc1Cl. The first-order chi connectivity index (χ1) is 9.61. The lowest BCUT2D eigenvalue weighted by Gasteiger charge is -2.03. The van der Waals surface area contributed by atoms with Crippen LogP contribution >= 0.6 is 23.2 Å². The van der Waals surface area contributed by atoms with E-state index < -0.39 is 5.82 Å². The molecule has 3 aromatic rings. The molecule has 3 rings (SSSR count). The maximum atomic E-state index is 13.1. The summed E-state index contributed by atoms with van der Waals surface area (Å²) in [4.78, 5) is 7.50. The highest BCUT2D eigenvalue weighted by atomic mass is 35.5. The number of H-pyrrole nitrogens is 1. The van der Waals surface area contributed by atoms with Gasteiger partial charge in [-0.25, -0.2) is 9.37 Å². The molecule has 2 N–H and O–H groups in total. The van der Waals surface area contributed by atoms with Crippen molar-refractivity contribution in [3.63, 3.8) is 0 Å². The van der Waals surface area contributed by atoms with Crippen molar-refractivity contribution in [2.45, 2.75) is 6.54 Å². The molecule has 1 aromatic heterocycles. The molecule has 2 aromatic carbocycles. The fourth-order valence-electron chi connectivity index (χ4n) is 1.90. The lowest BCUT2D eigenvalue weighted by molar-refractivity contribution is 0.627. The minimum absolute atomic E-state index is 0.112. The molecular formula is C14H10Cl2FN3. The van der Waals surface area contributed by atoms with E-state index in [0.717, 1.165) is 16.6 Å². The maximum absolute atomic E-state index is 13.1. The van der Waals surface area contributed by atoms with Gasteiger partial charge < -0.3 is 10.3 Å². The van der Waals surface area contributed by atoms with E-state index >= 15 is 0 Å². The van der Waals surface area contributed by atoms with Crippen LogP contribution in [0.25, 0.3) is 11.0 Å². The van der Waals surface area contributed by atoms with Crippen LogP contribution in [0.4, 0.5) is 10.3 Å². The summed E-state index contributed by atoms with van der Waals surface area (Å²) in [5.74, 6) is 0.205. The third-order valence-corrected chi connectivity index (χ3v) is 3.41. The second-order valence-electron chi connectivity index (χ2n) is 4.35. The molecule has 0 aliphatic rings. The average Bonchev–Trinajstić information content (AvgIpc) is 2.82. The zero-order valence-electron chi connectivity index (χ0n) is 10.3. The molecular weight excluding hydrogens is 300 g/mol. The Labute approximate surface area is 124 Å². The number of hydrogen-bond acceptors (Lipinski definition) is 2. The number of halogens is 3. The quantitative estimate of drug-likeness (QED) is 0.741. The summed E-state index contributed by atoms with van der Waals surface area (Å²) >= 11 is 11.7. The molecule has 6 heteroatoms. The van der Waals surface area contributed by atoms with Crippen LogP contribution in [0.3, 0.4) is 0 Å².